The summed E-state index contributed by atoms with van der Waals surface area (Å²) in [6.07, 6.45) is 3.53. The van der Waals surface area contributed by atoms with Crippen molar-refractivity contribution in [1.29, 1.82) is 0 Å². The van der Waals surface area contributed by atoms with Gasteiger partial charge in [-0.3, -0.25) is 0 Å². The van der Waals surface area contributed by atoms with Gasteiger partial charge >= 0.3 is 6.01 Å². The smallest absolute Gasteiger partial charge is 0.316 e. The third-order valence-electron chi connectivity index (χ3n) is 2.16. The number of hydrogen-bond donors (Lipinski definition) is 0. The third-order valence-corrected chi connectivity index (χ3v) is 2.16. The van der Waals surface area contributed by atoms with Crippen molar-refractivity contribution >= 4 is 0 Å². The Kier molecular flexibility index (Phi) is 2.63. The maximum atomic E-state index is 4.91. The molecule has 0 N–H and O–H groups in total. The van der Waals surface area contributed by atoms with E-state index in [2.05, 4.69) is 29.0 Å². The van der Waals surface area contributed by atoms with E-state index in [0.29, 0.717) is 6.01 Å². The van der Waals surface area contributed by atoms with Crippen molar-refractivity contribution in [2.45, 2.75) is 6.92 Å². The van der Waals surface area contributed by atoms with Crippen molar-refractivity contribution in [3.05, 3.63) is 42.2 Å². The van der Waals surface area contributed by atoms with Crippen LogP contribution in [0.5, 0.6) is 6.01 Å². The molecule has 0 saturated carbocycles. The van der Waals surface area contributed by atoms with E-state index in [0.717, 1.165) is 11.1 Å². The largest absolute Gasteiger partial charge is 0.467 e. The minimum Gasteiger partial charge on any atom is -0.467 e. The molecule has 0 aliphatic carbocycles. The van der Waals surface area contributed by atoms with Gasteiger partial charge in [0.2, 0.25) is 0 Å². The predicted octanol–water partition coefficient (Wildman–Crippen LogP) is 2.46. The Morgan fingerprint density at radius 2 is 1.80 bits per heavy atom. The Hall–Kier alpha value is -1.90. The molecule has 0 aliphatic rings. The summed E-state index contributed by atoms with van der Waals surface area (Å²) >= 11 is 0. The van der Waals surface area contributed by atoms with Crippen LogP contribution in [-0.4, -0.2) is 17.1 Å². The molecule has 0 aliphatic heterocycles. The molecule has 76 valence electrons. The van der Waals surface area contributed by atoms with E-state index in [1.807, 2.05) is 12.1 Å². The molecule has 0 bridgehead atoms. The topological polar surface area (TPSA) is 35.0 Å². The number of nitrogens with zero attached hydrogens (tertiary/aromatic N) is 2. The second-order valence-corrected chi connectivity index (χ2v) is 3.33. The Labute approximate surface area is 88.8 Å². The van der Waals surface area contributed by atoms with Gasteiger partial charge in [0.25, 0.3) is 0 Å². The lowest BCUT2D eigenvalue weighted by atomic mass is 10.1. The van der Waals surface area contributed by atoms with E-state index in [1.165, 1.54) is 5.56 Å². The average molecular weight is 200 g/mol. The molecule has 1 heterocycles. The van der Waals surface area contributed by atoms with Crippen LogP contribution in [0.15, 0.2) is 36.7 Å². The first kappa shape index (κ1) is 9.65. The minimum absolute atomic E-state index is 0.395. The maximum Gasteiger partial charge on any atom is 0.316 e. The van der Waals surface area contributed by atoms with E-state index in [1.54, 1.807) is 19.5 Å². The van der Waals surface area contributed by atoms with E-state index in [4.69, 9.17) is 4.74 Å². The van der Waals surface area contributed by atoms with Gasteiger partial charge in [-0.05, 0) is 12.5 Å². The van der Waals surface area contributed by atoms with Crippen LogP contribution in [-0.2, 0) is 0 Å². The number of aromatic nitrogens is 2. The number of benzene rings is 1. The van der Waals surface area contributed by atoms with Crippen LogP contribution in [0.2, 0.25) is 0 Å². The van der Waals surface area contributed by atoms with Crippen LogP contribution < -0.4 is 4.74 Å². The molecule has 3 heteroatoms. The van der Waals surface area contributed by atoms with E-state index in [-0.39, 0.29) is 0 Å². The highest BCUT2D eigenvalue weighted by atomic mass is 16.5. The lowest BCUT2D eigenvalue weighted by Crippen LogP contribution is -1.91. The molecule has 0 radical (unpaired) electrons. The van der Waals surface area contributed by atoms with Gasteiger partial charge in [0.1, 0.15) is 0 Å². The first-order chi connectivity index (χ1) is 7.29. The van der Waals surface area contributed by atoms with Crippen molar-refractivity contribution in [1.82, 2.24) is 9.97 Å². The molecule has 1 aromatic heterocycles. The number of ether oxygens (including phenoxy) is 1. The SMILES string of the molecule is COc1ncc(-c2cccc(C)c2)cn1. The Balaban J connectivity index is 2.37. The summed E-state index contributed by atoms with van der Waals surface area (Å²) in [5.74, 6) is 0. The Morgan fingerprint density at radius 1 is 1.07 bits per heavy atom. The van der Waals surface area contributed by atoms with Crippen molar-refractivity contribution in [3.63, 3.8) is 0 Å². The van der Waals surface area contributed by atoms with E-state index in [9.17, 15) is 0 Å². The van der Waals surface area contributed by atoms with Gasteiger partial charge in [-0.25, -0.2) is 9.97 Å². The van der Waals surface area contributed by atoms with Crippen LogP contribution >= 0.6 is 0 Å². The van der Waals surface area contributed by atoms with E-state index >= 15 is 0 Å². The van der Waals surface area contributed by atoms with Gasteiger partial charge in [-0.1, -0.05) is 29.8 Å². The second-order valence-electron chi connectivity index (χ2n) is 3.33. The molecular weight excluding hydrogens is 188 g/mol. The second kappa shape index (κ2) is 4.09. The molecule has 1 aromatic carbocycles. The van der Waals surface area contributed by atoms with Crippen molar-refractivity contribution < 1.29 is 4.74 Å². The van der Waals surface area contributed by atoms with Gasteiger partial charge in [-0.15, -0.1) is 0 Å². The standard InChI is InChI=1S/C12H12N2O/c1-9-4-3-5-10(6-9)11-7-13-12(15-2)14-8-11/h3-8H,1-2H3. The van der Waals surface area contributed by atoms with Crippen LogP contribution in [0.4, 0.5) is 0 Å². The molecule has 0 amide bonds. The van der Waals surface area contributed by atoms with Crippen LogP contribution in [0.3, 0.4) is 0 Å². The summed E-state index contributed by atoms with van der Waals surface area (Å²) in [6.45, 7) is 2.06. The van der Waals surface area contributed by atoms with Gasteiger partial charge in [0, 0.05) is 18.0 Å². The van der Waals surface area contributed by atoms with Crippen LogP contribution in [0.25, 0.3) is 11.1 Å². The lowest BCUT2D eigenvalue weighted by Gasteiger charge is -2.02. The lowest BCUT2D eigenvalue weighted by molar-refractivity contribution is 0.380. The van der Waals surface area contributed by atoms with Crippen LogP contribution in [0.1, 0.15) is 5.56 Å². The molecule has 0 spiro atoms. The quantitative estimate of drug-likeness (QED) is 0.747. The monoisotopic (exact) mass is 200 g/mol. The third kappa shape index (κ3) is 2.13. The number of methoxy groups -OCH3 is 1. The first-order valence-corrected chi connectivity index (χ1v) is 4.72. The number of rotatable bonds is 2. The molecule has 15 heavy (non-hydrogen) atoms. The predicted molar refractivity (Wildman–Crippen MR) is 58.8 cm³/mol. The molecule has 0 fully saturated rings. The highest BCUT2D eigenvalue weighted by Crippen LogP contribution is 2.19. The molecule has 3 nitrogen and oxygen atoms in total. The van der Waals surface area contributed by atoms with Gasteiger partial charge < -0.3 is 4.74 Å². The summed E-state index contributed by atoms with van der Waals surface area (Å²) in [5.41, 5.74) is 3.35. The first-order valence-electron chi connectivity index (χ1n) is 4.72. The Morgan fingerprint density at radius 3 is 2.40 bits per heavy atom. The summed E-state index contributed by atoms with van der Waals surface area (Å²) in [4.78, 5) is 8.14. The summed E-state index contributed by atoms with van der Waals surface area (Å²) in [7, 11) is 1.56. The van der Waals surface area contributed by atoms with E-state index < -0.39 is 0 Å². The molecule has 2 rings (SSSR count). The van der Waals surface area contributed by atoms with Crippen molar-refractivity contribution in [2.24, 2.45) is 0 Å². The van der Waals surface area contributed by atoms with Gasteiger partial charge in [-0.2, -0.15) is 0 Å². The summed E-state index contributed by atoms with van der Waals surface area (Å²) in [5, 5.41) is 0. The highest BCUT2D eigenvalue weighted by molar-refractivity contribution is 5.62. The maximum absolute atomic E-state index is 4.91. The summed E-state index contributed by atoms with van der Waals surface area (Å²) < 4.78 is 4.91. The molecule has 2 aromatic rings. The zero-order chi connectivity index (χ0) is 10.7. The molecule has 0 saturated heterocycles. The van der Waals surface area contributed by atoms with Crippen LogP contribution in [0, 0.1) is 6.92 Å². The highest BCUT2D eigenvalue weighted by Gasteiger charge is 1.99. The molecule has 0 atom stereocenters. The fourth-order valence-corrected chi connectivity index (χ4v) is 1.40. The fraction of sp³-hybridized carbons (Fsp3) is 0.167. The molecular formula is C12H12N2O. The van der Waals surface area contributed by atoms with Crippen molar-refractivity contribution in [2.75, 3.05) is 7.11 Å². The minimum atomic E-state index is 0.395. The number of hydrogen-bond acceptors (Lipinski definition) is 3. The normalized spacial score (nSPS) is 10.0. The average Bonchev–Trinajstić information content (AvgIpc) is 2.29. The van der Waals surface area contributed by atoms with Gasteiger partial charge in [0.15, 0.2) is 0 Å². The summed E-state index contributed by atoms with van der Waals surface area (Å²) in [6, 6.07) is 8.62. The van der Waals surface area contributed by atoms with Crippen molar-refractivity contribution in [3.8, 4) is 17.1 Å². The fourth-order valence-electron chi connectivity index (χ4n) is 1.40. The zero-order valence-corrected chi connectivity index (χ0v) is 8.77. The Bertz CT molecular complexity index is 451. The zero-order valence-electron chi connectivity index (χ0n) is 8.77. The van der Waals surface area contributed by atoms with Gasteiger partial charge in [0.05, 0.1) is 7.11 Å². The number of aryl methyl sites for hydroxylation is 1. The molecule has 0 unspecified atom stereocenters.